The summed E-state index contributed by atoms with van der Waals surface area (Å²) in [6.45, 7) is 2.12. The number of amides is 1. The van der Waals surface area contributed by atoms with Crippen LogP contribution in [0.2, 0.25) is 0 Å². The lowest BCUT2D eigenvalue weighted by Gasteiger charge is -2.04. The summed E-state index contributed by atoms with van der Waals surface area (Å²) in [6, 6.07) is 3.78. The Hall–Kier alpha value is -1.71. The van der Waals surface area contributed by atoms with Gasteiger partial charge in [-0.15, -0.1) is 0 Å². The van der Waals surface area contributed by atoms with Crippen LogP contribution in [0.3, 0.4) is 0 Å². The van der Waals surface area contributed by atoms with Gasteiger partial charge in [-0.25, -0.2) is 5.43 Å². The molecular weight excluding hydrogens is 190 g/mol. The van der Waals surface area contributed by atoms with Crippen LogP contribution >= 0.6 is 0 Å². The van der Waals surface area contributed by atoms with E-state index in [9.17, 15) is 4.79 Å². The molecule has 0 bridgehead atoms. The normalized spacial score (nSPS) is 11.1. The molecule has 4 heteroatoms. The van der Waals surface area contributed by atoms with Gasteiger partial charge in [-0.1, -0.05) is 13.3 Å². The van der Waals surface area contributed by atoms with Crippen molar-refractivity contribution >= 4 is 12.1 Å². The molecule has 4 nitrogen and oxygen atoms in total. The van der Waals surface area contributed by atoms with Crippen LogP contribution in [-0.4, -0.2) is 17.1 Å². The smallest absolute Gasteiger partial charge is 0.227 e. The third-order valence-electron chi connectivity index (χ3n) is 2.03. The van der Waals surface area contributed by atoms with Crippen LogP contribution in [0.1, 0.15) is 31.7 Å². The highest BCUT2D eigenvalue weighted by molar-refractivity contribution is 6.00. The first-order valence-electron chi connectivity index (χ1n) is 5.04. The standard InChI is InChI=1S/C11H15N3O/c1-2-3-4-11(14-13-9-15)10-5-7-12-8-6-10/h5-9H,2-4H2,1H3,(H,13,15). The predicted octanol–water partition coefficient (Wildman–Crippen LogP) is 1.72. The zero-order chi connectivity index (χ0) is 10.9. The van der Waals surface area contributed by atoms with Gasteiger partial charge in [0.15, 0.2) is 0 Å². The fraction of sp³-hybridized carbons (Fsp3) is 0.364. The predicted molar refractivity (Wildman–Crippen MR) is 59.5 cm³/mol. The zero-order valence-electron chi connectivity index (χ0n) is 8.81. The number of aromatic nitrogens is 1. The quantitative estimate of drug-likeness (QED) is 0.437. The van der Waals surface area contributed by atoms with Crippen LogP contribution < -0.4 is 5.43 Å². The average Bonchev–Trinajstić information content (AvgIpc) is 2.30. The maximum atomic E-state index is 10.2. The van der Waals surface area contributed by atoms with Gasteiger partial charge in [-0.2, -0.15) is 5.10 Å². The number of carbonyl (C=O) groups excluding carboxylic acids is 1. The minimum Gasteiger partial charge on any atom is -0.277 e. The summed E-state index contributed by atoms with van der Waals surface area (Å²) < 4.78 is 0. The lowest BCUT2D eigenvalue weighted by Crippen LogP contribution is -2.09. The van der Waals surface area contributed by atoms with Crippen molar-refractivity contribution in [3.8, 4) is 0 Å². The third-order valence-corrected chi connectivity index (χ3v) is 2.03. The second-order valence-electron chi connectivity index (χ2n) is 3.14. The molecule has 0 aliphatic rings. The topological polar surface area (TPSA) is 54.4 Å². The number of nitrogens with zero attached hydrogens (tertiary/aromatic N) is 2. The van der Waals surface area contributed by atoms with Crippen LogP contribution in [0.5, 0.6) is 0 Å². The number of hydrogen-bond acceptors (Lipinski definition) is 3. The summed E-state index contributed by atoms with van der Waals surface area (Å²) >= 11 is 0. The number of carbonyl (C=O) groups is 1. The van der Waals surface area contributed by atoms with Gasteiger partial charge < -0.3 is 0 Å². The monoisotopic (exact) mass is 205 g/mol. The molecule has 1 aromatic rings. The fourth-order valence-corrected chi connectivity index (χ4v) is 1.26. The van der Waals surface area contributed by atoms with E-state index in [1.54, 1.807) is 12.4 Å². The van der Waals surface area contributed by atoms with Gasteiger partial charge in [0.1, 0.15) is 0 Å². The first-order chi connectivity index (χ1) is 7.38. The van der Waals surface area contributed by atoms with Crippen LogP contribution in [-0.2, 0) is 4.79 Å². The summed E-state index contributed by atoms with van der Waals surface area (Å²) in [5, 5.41) is 4.02. The molecule has 0 saturated carbocycles. The van der Waals surface area contributed by atoms with Gasteiger partial charge in [-0.05, 0) is 25.0 Å². The summed E-state index contributed by atoms with van der Waals surface area (Å²) in [5.41, 5.74) is 4.24. The highest BCUT2D eigenvalue weighted by atomic mass is 16.1. The Labute approximate surface area is 89.4 Å². The number of rotatable bonds is 6. The van der Waals surface area contributed by atoms with E-state index in [0.29, 0.717) is 6.41 Å². The minimum atomic E-state index is 0.577. The first kappa shape index (κ1) is 11.4. The second-order valence-corrected chi connectivity index (χ2v) is 3.14. The summed E-state index contributed by atoms with van der Waals surface area (Å²) in [4.78, 5) is 14.1. The van der Waals surface area contributed by atoms with Crippen LogP contribution in [0.4, 0.5) is 0 Å². The molecule has 80 valence electrons. The van der Waals surface area contributed by atoms with Gasteiger partial charge >= 0.3 is 0 Å². The van der Waals surface area contributed by atoms with Crippen molar-refractivity contribution in [1.82, 2.24) is 10.4 Å². The summed E-state index contributed by atoms with van der Waals surface area (Å²) in [5.74, 6) is 0. The fourth-order valence-electron chi connectivity index (χ4n) is 1.26. The Bertz CT molecular complexity index is 322. The molecular formula is C11H15N3O. The molecule has 0 fully saturated rings. The summed E-state index contributed by atoms with van der Waals surface area (Å²) in [7, 11) is 0. The molecule has 1 amide bonds. The molecule has 15 heavy (non-hydrogen) atoms. The van der Waals surface area contributed by atoms with Gasteiger partial charge in [0.2, 0.25) is 6.41 Å². The first-order valence-corrected chi connectivity index (χ1v) is 5.04. The number of hydrazone groups is 1. The number of pyridine rings is 1. The zero-order valence-corrected chi connectivity index (χ0v) is 8.81. The average molecular weight is 205 g/mol. The Morgan fingerprint density at radius 3 is 2.87 bits per heavy atom. The van der Waals surface area contributed by atoms with E-state index in [0.717, 1.165) is 30.5 Å². The maximum absolute atomic E-state index is 10.2. The van der Waals surface area contributed by atoms with Gasteiger partial charge in [0, 0.05) is 18.0 Å². The van der Waals surface area contributed by atoms with E-state index >= 15 is 0 Å². The van der Waals surface area contributed by atoms with E-state index in [4.69, 9.17) is 0 Å². The molecule has 1 N–H and O–H groups in total. The molecule has 0 aromatic carbocycles. The van der Waals surface area contributed by atoms with Crippen LogP contribution in [0.15, 0.2) is 29.6 Å². The van der Waals surface area contributed by atoms with E-state index in [1.165, 1.54) is 0 Å². The second kappa shape index (κ2) is 6.70. The Balaban J connectivity index is 2.76. The lowest BCUT2D eigenvalue weighted by atomic mass is 10.1. The van der Waals surface area contributed by atoms with E-state index < -0.39 is 0 Å². The van der Waals surface area contributed by atoms with Crippen molar-refractivity contribution < 1.29 is 4.79 Å². The molecule has 0 atom stereocenters. The van der Waals surface area contributed by atoms with Crippen LogP contribution in [0.25, 0.3) is 0 Å². The SMILES string of the molecule is CCCCC(=NNC=O)c1ccncc1. The van der Waals surface area contributed by atoms with Crippen molar-refractivity contribution in [3.63, 3.8) is 0 Å². The molecule has 0 spiro atoms. The molecule has 0 saturated heterocycles. The molecule has 1 rings (SSSR count). The van der Waals surface area contributed by atoms with E-state index in [2.05, 4.69) is 22.4 Å². The lowest BCUT2D eigenvalue weighted by molar-refractivity contribution is -0.109. The van der Waals surface area contributed by atoms with Crippen LogP contribution in [0, 0.1) is 0 Å². The highest BCUT2D eigenvalue weighted by Gasteiger charge is 2.02. The maximum Gasteiger partial charge on any atom is 0.227 e. The molecule has 1 aromatic heterocycles. The van der Waals surface area contributed by atoms with Crippen molar-refractivity contribution in [2.24, 2.45) is 5.10 Å². The molecule has 0 unspecified atom stereocenters. The van der Waals surface area contributed by atoms with Crippen molar-refractivity contribution in [2.75, 3.05) is 0 Å². The number of unbranched alkanes of at least 4 members (excludes halogenated alkanes) is 1. The van der Waals surface area contributed by atoms with Crippen molar-refractivity contribution in [1.29, 1.82) is 0 Å². The Morgan fingerprint density at radius 2 is 2.27 bits per heavy atom. The van der Waals surface area contributed by atoms with Gasteiger partial charge in [0.25, 0.3) is 0 Å². The Morgan fingerprint density at radius 1 is 1.53 bits per heavy atom. The number of hydrogen-bond donors (Lipinski definition) is 1. The minimum absolute atomic E-state index is 0.577. The molecule has 0 aliphatic carbocycles. The van der Waals surface area contributed by atoms with E-state index in [1.807, 2.05) is 12.1 Å². The van der Waals surface area contributed by atoms with Crippen molar-refractivity contribution in [2.45, 2.75) is 26.2 Å². The molecule has 0 radical (unpaired) electrons. The van der Waals surface area contributed by atoms with E-state index in [-0.39, 0.29) is 0 Å². The molecule has 1 heterocycles. The highest BCUT2D eigenvalue weighted by Crippen LogP contribution is 2.06. The third kappa shape index (κ3) is 3.89. The summed E-state index contributed by atoms with van der Waals surface area (Å²) in [6.07, 6.45) is 7.04. The largest absolute Gasteiger partial charge is 0.277 e. The van der Waals surface area contributed by atoms with Crippen molar-refractivity contribution in [3.05, 3.63) is 30.1 Å². The Kier molecular flexibility index (Phi) is 5.08. The number of nitrogens with one attached hydrogen (secondary N) is 1. The van der Waals surface area contributed by atoms with Gasteiger partial charge in [0.05, 0.1) is 5.71 Å². The van der Waals surface area contributed by atoms with Gasteiger partial charge in [-0.3, -0.25) is 9.78 Å². The molecule has 0 aliphatic heterocycles.